The van der Waals surface area contributed by atoms with Crippen LogP contribution in [0.15, 0.2) is 52.4 Å². The Labute approximate surface area is 153 Å². The van der Waals surface area contributed by atoms with Crippen LogP contribution in [-0.4, -0.2) is 16.0 Å². The Morgan fingerprint density at radius 2 is 2.00 bits per heavy atom. The van der Waals surface area contributed by atoms with Gasteiger partial charge in [-0.1, -0.05) is 12.1 Å². The summed E-state index contributed by atoms with van der Waals surface area (Å²) >= 11 is 1.19. The van der Waals surface area contributed by atoms with Gasteiger partial charge in [0.15, 0.2) is 5.17 Å². The third kappa shape index (κ3) is 3.79. The van der Waals surface area contributed by atoms with Crippen LogP contribution in [0, 0.1) is 28.4 Å². The van der Waals surface area contributed by atoms with E-state index in [1.54, 1.807) is 43.3 Å². The van der Waals surface area contributed by atoms with Crippen LogP contribution < -0.4 is 5.32 Å². The Kier molecular flexibility index (Phi) is 4.82. The predicted octanol–water partition coefficient (Wildman–Crippen LogP) is 3.67. The fourth-order valence-corrected chi connectivity index (χ4v) is 3.11. The molecule has 0 saturated carbocycles. The number of nitrogens with one attached hydrogen (secondary N) is 1. The van der Waals surface area contributed by atoms with Crippen molar-refractivity contribution in [1.82, 2.24) is 5.32 Å². The van der Waals surface area contributed by atoms with Gasteiger partial charge in [-0.2, -0.15) is 5.26 Å². The molecule has 1 amide bonds. The molecule has 7 nitrogen and oxygen atoms in total. The number of rotatable bonds is 3. The van der Waals surface area contributed by atoms with Crippen LogP contribution in [-0.2, 0) is 4.79 Å². The Bertz CT molecular complexity index is 1000. The number of aliphatic imine (C=N–C) groups is 1. The number of nitro benzene ring substituents is 1. The van der Waals surface area contributed by atoms with Crippen molar-refractivity contribution in [2.24, 2.45) is 4.99 Å². The first-order valence-corrected chi connectivity index (χ1v) is 8.33. The molecule has 1 heterocycles. The van der Waals surface area contributed by atoms with Crippen LogP contribution in [0.3, 0.4) is 0 Å². The molecule has 0 spiro atoms. The van der Waals surface area contributed by atoms with Crippen molar-refractivity contribution >= 4 is 40.3 Å². The Hall–Kier alpha value is -3.44. The molecule has 128 valence electrons. The van der Waals surface area contributed by atoms with E-state index in [0.717, 1.165) is 5.56 Å². The first kappa shape index (κ1) is 17.4. The van der Waals surface area contributed by atoms with Gasteiger partial charge in [0.25, 0.3) is 11.6 Å². The van der Waals surface area contributed by atoms with E-state index in [0.29, 0.717) is 26.9 Å². The fourth-order valence-electron chi connectivity index (χ4n) is 2.27. The van der Waals surface area contributed by atoms with Crippen molar-refractivity contribution in [3.63, 3.8) is 0 Å². The van der Waals surface area contributed by atoms with Gasteiger partial charge in [0.1, 0.15) is 0 Å². The summed E-state index contributed by atoms with van der Waals surface area (Å²) in [7, 11) is 0. The average molecular weight is 364 g/mol. The van der Waals surface area contributed by atoms with Gasteiger partial charge in [-0.3, -0.25) is 14.9 Å². The summed E-state index contributed by atoms with van der Waals surface area (Å²) in [5.74, 6) is -0.266. The van der Waals surface area contributed by atoms with E-state index in [-0.39, 0.29) is 11.6 Å². The number of carbonyl (C=O) groups excluding carboxylic acids is 1. The Balaban J connectivity index is 1.83. The standard InChI is InChI=1S/C18H12N4O3S/c1-11-8-14(22(24)25)6-7-15(11)20-18-21-17(23)16(26-18)9-12-2-4-13(10-19)5-3-12/h2-9H,1H3,(H,20,21,23)/b16-9-. The SMILES string of the molecule is Cc1cc([N+](=O)[O-])ccc1N=C1NC(=O)/C(=C/c2ccc(C#N)cc2)S1. The van der Waals surface area contributed by atoms with Crippen molar-refractivity contribution in [1.29, 1.82) is 5.26 Å². The number of amides is 1. The number of nitrogens with zero attached hydrogens (tertiary/aromatic N) is 3. The van der Waals surface area contributed by atoms with E-state index in [1.165, 1.54) is 23.9 Å². The molecule has 3 rings (SSSR count). The fraction of sp³-hybridized carbons (Fsp3) is 0.0556. The van der Waals surface area contributed by atoms with Gasteiger partial charge in [0.05, 0.1) is 27.1 Å². The lowest BCUT2D eigenvalue weighted by atomic mass is 10.1. The van der Waals surface area contributed by atoms with E-state index in [2.05, 4.69) is 10.3 Å². The predicted molar refractivity (Wildman–Crippen MR) is 99.8 cm³/mol. The van der Waals surface area contributed by atoms with E-state index < -0.39 is 4.92 Å². The van der Waals surface area contributed by atoms with Gasteiger partial charge >= 0.3 is 0 Å². The topological polar surface area (TPSA) is 108 Å². The third-order valence-corrected chi connectivity index (χ3v) is 4.51. The summed E-state index contributed by atoms with van der Waals surface area (Å²) in [5, 5.41) is 22.7. The summed E-state index contributed by atoms with van der Waals surface area (Å²) in [6, 6.07) is 13.3. The maximum absolute atomic E-state index is 12.1. The number of non-ortho nitro benzene ring substituents is 1. The molecule has 0 aliphatic carbocycles. The Morgan fingerprint density at radius 1 is 1.27 bits per heavy atom. The maximum Gasteiger partial charge on any atom is 0.269 e. The van der Waals surface area contributed by atoms with E-state index in [9.17, 15) is 14.9 Å². The van der Waals surface area contributed by atoms with Crippen LogP contribution in [0.4, 0.5) is 11.4 Å². The smallest absolute Gasteiger partial charge is 0.269 e. The average Bonchev–Trinajstić information content (AvgIpc) is 2.96. The zero-order valence-electron chi connectivity index (χ0n) is 13.6. The summed E-state index contributed by atoms with van der Waals surface area (Å²) in [6.07, 6.45) is 1.71. The molecular weight excluding hydrogens is 352 g/mol. The largest absolute Gasteiger partial charge is 0.300 e. The van der Waals surface area contributed by atoms with Gasteiger partial charge in [-0.25, -0.2) is 4.99 Å². The highest BCUT2D eigenvalue weighted by Gasteiger charge is 2.24. The number of aryl methyl sites for hydroxylation is 1. The molecule has 1 fully saturated rings. The normalized spacial score (nSPS) is 16.5. The first-order chi connectivity index (χ1) is 12.5. The van der Waals surface area contributed by atoms with E-state index in [1.807, 2.05) is 6.07 Å². The molecule has 0 radical (unpaired) electrons. The minimum Gasteiger partial charge on any atom is -0.300 e. The summed E-state index contributed by atoms with van der Waals surface area (Å²) in [6.45, 7) is 1.72. The quantitative estimate of drug-likeness (QED) is 0.508. The van der Waals surface area contributed by atoms with Crippen LogP contribution >= 0.6 is 11.8 Å². The highest BCUT2D eigenvalue weighted by molar-refractivity contribution is 8.18. The van der Waals surface area contributed by atoms with Crippen LogP contribution in [0.25, 0.3) is 6.08 Å². The molecule has 0 bridgehead atoms. The molecule has 1 N–H and O–H groups in total. The highest BCUT2D eigenvalue weighted by Crippen LogP contribution is 2.30. The summed E-state index contributed by atoms with van der Waals surface area (Å²) < 4.78 is 0. The second-order valence-electron chi connectivity index (χ2n) is 5.44. The molecule has 0 atom stereocenters. The van der Waals surface area contributed by atoms with Crippen molar-refractivity contribution in [3.8, 4) is 6.07 Å². The summed E-state index contributed by atoms with van der Waals surface area (Å²) in [4.78, 5) is 27.3. The lowest BCUT2D eigenvalue weighted by molar-refractivity contribution is -0.384. The van der Waals surface area contributed by atoms with Crippen LogP contribution in [0.2, 0.25) is 0 Å². The number of thioether (sulfide) groups is 1. The molecule has 0 unspecified atom stereocenters. The summed E-state index contributed by atoms with van der Waals surface area (Å²) in [5.41, 5.74) is 2.54. The van der Waals surface area contributed by atoms with Gasteiger partial charge in [-0.05, 0) is 54.1 Å². The molecule has 1 aliphatic heterocycles. The van der Waals surface area contributed by atoms with E-state index >= 15 is 0 Å². The molecule has 1 aliphatic rings. The number of nitro groups is 1. The molecule has 1 saturated heterocycles. The molecule has 2 aromatic carbocycles. The molecular formula is C18H12N4O3S. The number of benzene rings is 2. The third-order valence-electron chi connectivity index (χ3n) is 3.60. The van der Waals surface area contributed by atoms with Crippen molar-refractivity contribution in [3.05, 3.63) is 74.2 Å². The lowest BCUT2D eigenvalue weighted by Crippen LogP contribution is -2.19. The minimum absolute atomic E-state index is 0.00374. The maximum atomic E-state index is 12.1. The first-order valence-electron chi connectivity index (χ1n) is 7.51. The van der Waals surface area contributed by atoms with Gasteiger partial charge in [0, 0.05) is 12.1 Å². The molecule has 2 aromatic rings. The van der Waals surface area contributed by atoms with E-state index in [4.69, 9.17) is 5.26 Å². The molecule has 8 heteroatoms. The van der Waals surface area contributed by atoms with Crippen molar-refractivity contribution in [2.45, 2.75) is 6.92 Å². The molecule has 0 aromatic heterocycles. The zero-order chi connectivity index (χ0) is 18.7. The van der Waals surface area contributed by atoms with Crippen LogP contribution in [0.5, 0.6) is 0 Å². The minimum atomic E-state index is -0.464. The van der Waals surface area contributed by atoms with Gasteiger partial charge in [-0.15, -0.1) is 0 Å². The monoisotopic (exact) mass is 364 g/mol. The highest BCUT2D eigenvalue weighted by atomic mass is 32.2. The number of hydrogen-bond donors (Lipinski definition) is 1. The second kappa shape index (κ2) is 7.21. The van der Waals surface area contributed by atoms with Crippen molar-refractivity contribution in [2.75, 3.05) is 0 Å². The molecule has 26 heavy (non-hydrogen) atoms. The number of hydrogen-bond acceptors (Lipinski definition) is 6. The number of carbonyl (C=O) groups is 1. The van der Waals surface area contributed by atoms with Crippen LogP contribution in [0.1, 0.15) is 16.7 Å². The van der Waals surface area contributed by atoms with Gasteiger partial charge in [0.2, 0.25) is 0 Å². The number of amidine groups is 1. The zero-order valence-corrected chi connectivity index (χ0v) is 14.4. The Morgan fingerprint density at radius 3 is 2.62 bits per heavy atom. The van der Waals surface area contributed by atoms with Gasteiger partial charge < -0.3 is 5.32 Å². The lowest BCUT2D eigenvalue weighted by Gasteiger charge is -2.01. The second-order valence-corrected chi connectivity index (χ2v) is 6.47. The number of nitriles is 1. The van der Waals surface area contributed by atoms with Crippen molar-refractivity contribution < 1.29 is 9.72 Å².